The molecule has 1 N–H and O–H groups in total. The van der Waals surface area contributed by atoms with E-state index in [9.17, 15) is 0 Å². The van der Waals surface area contributed by atoms with Gasteiger partial charge in [0.25, 0.3) is 0 Å². The van der Waals surface area contributed by atoms with E-state index in [0.717, 1.165) is 23.8 Å². The van der Waals surface area contributed by atoms with E-state index in [1.807, 2.05) is 0 Å². The molecule has 3 unspecified atom stereocenters. The Bertz CT molecular complexity index is 125. The standard InChI is InChI=1S/C11H23N/c1-5-6-7-10(12-4)11-8(2)9(11)3/h8-12H,5-7H2,1-4H3. The van der Waals surface area contributed by atoms with Gasteiger partial charge in [0, 0.05) is 6.04 Å². The van der Waals surface area contributed by atoms with Gasteiger partial charge in [-0.25, -0.2) is 0 Å². The molecule has 0 aromatic rings. The van der Waals surface area contributed by atoms with Crippen LogP contribution in [0.25, 0.3) is 0 Å². The summed E-state index contributed by atoms with van der Waals surface area (Å²) in [5.41, 5.74) is 0. The van der Waals surface area contributed by atoms with E-state index in [0.29, 0.717) is 0 Å². The Morgan fingerprint density at radius 3 is 2.17 bits per heavy atom. The average molecular weight is 169 g/mol. The number of hydrogen-bond acceptors (Lipinski definition) is 1. The summed E-state index contributed by atoms with van der Waals surface area (Å²) in [5, 5.41) is 3.46. The Balaban J connectivity index is 2.26. The van der Waals surface area contributed by atoms with Crippen molar-refractivity contribution < 1.29 is 0 Å². The lowest BCUT2D eigenvalue weighted by Crippen LogP contribution is -2.28. The van der Waals surface area contributed by atoms with E-state index in [2.05, 4.69) is 33.1 Å². The van der Waals surface area contributed by atoms with Crippen LogP contribution >= 0.6 is 0 Å². The first-order valence-electron chi connectivity index (χ1n) is 5.39. The second-order valence-corrected chi connectivity index (χ2v) is 4.33. The van der Waals surface area contributed by atoms with Gasteiger partial charge in [0.1, 0.15) is 0 Å². The average Bonchev–Trinajstić information content (AvgIpc) is 2.64. The lowest BCUT2D eigenvalue weighted by atomic mass is 10.0. The van der Waals surface area contributed by atoms with E-state index in [-0.39, 0.29) is 0 Å². The highest BCUT2D eigenvalue weighted by Gasteiger charge is 2.46. The van der Waals surface area contributed by atoms with Gasteiger partial charge in [-0.05, 0) is 31.2 Å². The number of unbranched alkanes of at least 4 members (excludes halogenated alkanes) is 1. The molecule has 1 fully saturated rings. The monoisotopic (exact) mass is 169 g/mol. The lowest BCUT2D eigenvalue weighted by Gasteiger charge is -2.15. The topological polar surface area (TPSA) is 12.0 Å². The van der Waals surface area contributed by atoms with Crippen LogP contribution in [0, 0.1) is 17.8 Å². The fourth-order valence-corrected chi connectivity index (χ4v) is 2.39. The summed E-state index contributed by atoms with van der Waals surface area (Å²) < 4.78 is 0. The summed E-state index contributed by atoms with van der Waals surface area (Å²) >= 11 is 0. The van der Waals surface area contributed by atoms with Crippen molar-refractivity contribution >= 4 is 0 Å². The van der Waals surface area contributed by atoms with E-state index in [4.69, 9.17) is 0 Å². The maximum Gasteiger partial charge on any atom is 0.00976 e. The third-order valence-electron chi connectivity index (χ3n) is 3.61. The van der Waals surface area contributed by atoms with Gasteiger partial charge in [0.2, 0.25) is 0 Å². The Morgan fingerprint density at radius 2 is 1.83 bits per heavy atom. The first-order chi connectivity index (χ1) is 5.72. The maximum atomic E-state index is 3.46. The Morgan fingerprint density at radius 1 is 1.25 bits per heavy atom. The van der Waals surface area contributed by atoms with Crippen molar-refractivity contribution in [3.05, 3.63) is 0 Å². The molecule has 0 aliphatic heterocycles. The fraction of sp³-hybridized carbons (Fsp3) is 1.00. The maximum absolute atomic E-state index is 3.46. The summed E-state index contributed by atoms with van der Waals surface area (Å²) in [6, 6.07) is 0.787. The second-order valence-electron chi connectivity index (χ2n) is 4.33. The van der Waals surface area contributed by atoms with E-state index >= 15 is 0 Å². The minimum Gasteiger partial charge on any atom is -0.317 e. The SMILES string of the molecule is CCCCC(NC)C1C(C)C1C. The van der Waals surface area contributed by atoms with Crippen molar-refractivity contribution in [2.24, 2.45) is 17.8 Å². The highest BCUT2D eigenvalue weighted by Crippen LogP contribution is 2.48. The van der Waals surface area contributed by atoms with E-state index in [1.165, 1.54) is 19.3 Å². The third kappa shape index (κ3) is 2.01. The largest absolute Gasteiger partial charge is 0.317 e. The summed E-state index contributed by atoms with van der Waals surface area (Å²) in [6.07, 6.45) is 4.07. The number of rotatable bonds is 5. The van der Waals surface area contributed by atoms with Gasteiger partial charge in [0.15, 0.2) is 0 Å². The molecule has 0 aromatic carbocycles. The quantitative estimate of drug-likeness (QED) is 0.667. The van der Waals surface area contributed by atoms with Crippen LogP contribution in [0.15, 0.2) is 0 Å². The molecule has 1 nitrogen and oxygen atoms in total. The van der Waals surface area contributed by atoms with Gasteiger partial charge in [-0.2, -0.15) is 0 Å². The minimum absolute atomic E-state index is 0.787. The molecule has 1 saturated carbocycles. The van der Waals surface area contributed by atoms with E-state index < -0.39 is 0 Å². The van der Waals surface area contributed by atoms with Crippen LogP contribution in [0.1, 0.15) is 40.0 Å². The summed E-state index contributed by atoms with van der Waals surface area (Å²) in [6.45, 7) is 7.03. The van der Waals surface area contributed by atoms with Gasteiger partial charge in [-0.1, -0.05) is 33.6 Å². The van der Waals surface area contributed by atoms with Crippen molar-refractivity contribution in [3.8, 4) is 0 Å². The molecule has 0 radical (unpaired) electrons. The van der Waals surface area contributed by atoms with Crippen molar-refractivity contribution in [3.63, 3.8) is 0 Å². The minimum atomic E-state index is 0.787. The zero-order chi connectivity index (χ0) is 9.14. The molecule has 3 atom stereocenters. The van der Waals surface area contributed by atoms with Crippen molar-refractivity contribution in [2.75, 3.05) is 7.05 Å². The Hall–Kier alpha value is -0.0400. The van der Waals surface area contributed by atoms with Crippen LogP contribution in [0.4, 0.5) is 0 Å². The molecule has 1 aliphatic rings. The fourth-order valence-electron chi connectivity index (χ4n) is 2.39. The van der Waals surface area contributed by atoms with Crippen LogP contribution < -0.4 is 5.32 Å². The van der Waals surface area contributed by atoms with Gasteiger partial charge < -0.3 is 5.32 Å². The predicted molar refractivity (Wildman–Crippen MR) is 54.2 cm³/mol. The van der Waals surface area contributed by atoms with Gasteiger partial charge in [0.05, 0.1) is 0 Å². The number of hydrogen-bond donors (Lipinski definition) is 1. The zero-order valence-corrected chi connectivity index (χ0v) is 8.93. The molecule has 1 rings (SSSR count). The molecule has 0 amide bonds. The molecule has 0 bridgehead atoms. The summed E-state index contributed by atoms with van der Waals surface area (Å²) in [5.74, 6) is 2.88. The first kappa shape index (κ1) is 10.0. The van der Waals surface area contributed by atoms with Gasteiger partial charge in [-0.3, -0.25) is 0 Å². The smallest absolute Gasteiger partial charge is 0.00976 e. The lowest BCUT2D eigenvalue weighted by molar-refractivity contribution is 0.428. The van der Waals surface area contributed by atoms with Crippen LogP contribution in [0.3, 0.4) is 0 Å². The molecule has 1 heteroatoms. The molecular weight excluding hydrogens is 146 g/mol. The normalized spacial score (nSPS) is 36.5. The molecule has 0 spiro atoms. The van der Waals surface area contributed by atoms with Gasteiger partial charge in [-0.15, -0.1) is 0 Å². The van der Waals surface area contributed by atoms with Crippen LogP contribution in [-0.4, -0.2) is 13.1 Å². The predicted octanol–water partition coefficient (Wildman–Crippen LogP) is 2.67. The molecule has 12 heavy (non-hydrogen) atoms. The molecule has 1 aliphatic carbocycles. The van der Waals surface area contributed by atoms with Gasteiger partial charge >= 0.3 is 0 Å². The highest BCUT2D eigenvalue weighted by atomic mass is 14.9. The van der Waals surface area contributed by atoms with E-state index in [1.54, 1.807) is 0 Å². The van der Waals surface area contributed by atoms with Crippen LogP contribution in [0.5, 0.6) is 0 Å². The molecule has 0 heterocycles. The third-order valence-corrected chi connectivity index (χ3v) is 3.61. The van der Waals surface area contributed by atoms with Crippen LogP contribution in [0.2, 0.25) is 0 Å². The summed E-state index contributed by atoms with van der Waals surface area (Å²) in [4.78, 5) is 0. The first-order valence-corrected chi connectivity index (χ1v) is 5.39. The zero-order valence-electron chi connectivity index (χ0n) is 8.93. The Kier molecular flexibility index (Phi) is 3.57. The molecule has 0 saturated heterocycles. The molecule has 0 aromatic heterocycles. The van der Waals surface area contributed by atoms with Crippen molar-refractivity contribution in [2.45, 2.75) is 46.1 Å². The van der Waals surface area contributed by atoms with Crippen LogP contribution in [-0.2, 0) is 0 Å². The van der Waals surface area contributed by atoms with Crippen molar-refractivity contribution in [1.82, 2.24) is 5.32 Å². The van der Waals surface area contributed by atoms with Crippen molar-refractivity contribution in [1.29, 1.82) is 0 Å². The molecule has 72 valence electrons. The summed E-state index contributed by atoms with van der Waals surface area (Å²) in [7, 11) is 2.11. The Labute approximate surface area is 76.9 Å². The highest BCUT2D eigenvalue weighted by molar-refractivity contribution is 4.97. The number of nitrogens with one attached hydrogen (secondary N) is 1. The molecular formula is C11H23N. The second kappa shape index (κ2) is 4.27.